The van der Waals surface area contributed by atoms with Crippen LogP contribution < -0.4 is 0 Å². The fraction of sp³-hybridized carbons (Fsp3) is 0.0769. The van der Waals surface area contributed by atoms with Crippen molar-refractivity contribution in [1.29, 1.82) is 0 Å². The van der Waals surface area contributed by atoms with Crippen molar-refractivity contribution in [2.24, 2.45) is 0 Å². The minimum atomic E-state index is 1.06. The van der Waals surface area contributed by atoms with E-state index in [1.165, 1.54) is 99.4 Å². The summed E-state index contributed by atoms with van der Waals surface area (Å²) in [6.45, 7) is 4.49. The highest BCUT2D eigenvalue weighted by Crippen LogP contribution is 2.48. The van der Waals surface area contributed by atoms with Gasteiger partial charge in [-0.05, 0) is 138 Å². The second-order valence-electron chi connectivity index (χ2n) is 14.0. The Labute approximate surface area is 307 Å². The molecule has 0 amide bonds. The molecule has 0 fully saturated rings. The van der Waals surface area contributed by atoms with E-state index in [-0.39, 0.29) is 0 Å². The van der Waals surface area contributed by atoms with Gasteiger partial charge in [-0.3, -0.25) is 0 Å². The van der Waals surface area contributed by atoms with Crippen molar-refractivity contribution < 1.29 is 0 Å². The van der Waals surface area contributed by atoms with E-state index < -0.39 is 0 Å². The molecule has 0 spiro atoms. The van der Waals surface area contributed by atoms with Gasteiger partial charge in [0.15, 0.2) is 0 Å². The average Bonchev–Trinajstić information content (AvgIpc) is 3.21. The molecule has 0 atom stereocenters. The van der Waals surface area contributed by atoms with Crippen molar-refractivity contribution in [3.05, 3.63) is 199 Å². The standard InChI is InChI=1S/C52H40/c1-35-17-9-11-23-41(35)51-47-31-29-40(46-28-16-14-26-44(46)38-21-7-4-8-22-38)34-50(47)52(42-24-12-10-18-36(42)2)48-32-30-39(33-49(48)51)45-27-15-13-25-43(45)37-19-5-3-6-20-37/h3-7,9-21,23-34H,8,22H2,1-2H3. The Morgan fingerprint density at radius 3 is 1.31 bits per heavy atom. The second kappa shape index (κ2) is 13.5. The van der Waals surface area contributed by atoms with E-state index in [4.69, 9.17) is 0 Å². The van der Waals surface area contributed by atoms with Crippen LogP contribution in [0, 0.1) is 13.8 Å². The second-order valence-corrected chi connectivity index (χ2v) is 14.0. The Morgan fingerprint density at radius 2 is 0.808 bits per heavy atom. The van der Waals surface area contributed by atoms with Crippen LogP contribution in [0.1, 0.15) is 29.5 Å². The Bertz CT molecular complexity index is 2690. The zero-order valence-electron chi connectivity index (χ0n) is 29.7. The van der Waals surface area contributed by atoms with Gasteiger partial charge in [0, 0.05) is 0 Å². The normalized spacial score (nSPS) is 12.7. The average molecular weight is 665 g/mol. The largest absolute Gasteiger partial charge is 0.0842 e. The molecule has 52 heavy (non-hydrogen) atoms. The predicted molar refractivity (Wildman–Crippen MR) is 224 cm³/mol. The molecule has 0 N–H and O–H groups in total. The summed E-state index contributed by atoms with van der Waals surface area (Å²) in [6.07, 6.45) is 8.91. The molecule has 8 aromatic rings. The smallest absolute Gasteiger partial charge is 0.00235 e. The lowest BCUT2D eigenvalue weighted by molar-refractivity contribution is 1.05. The first-order valence-corrected chi connectivity index (χ1v) is 18.4. The van der Waals surface area contributed by atoms with Gasteiger partial charge >= 0.3 is 0 Å². The molecule has 0 saturated heterocycles. The number of benzene rings is 8. The first-order chi connectivity index (χ1) is 25.7. The van der Waals surface area contributed by atoms with Gasteiger partial charge in [-0.2, -0.15) is 0 Å². The lowest BCUT2D eigenvalue weighted by Crippen LogP contribution is -1.96. The van der Waals surface area contributed by atoms with Crippen LogP contribution in [0.2, 0.25) is 0 Å². The first-order valence-electron chi connectivity index (χ1n) is 18.4. The molecule has 0 nitrogen and oxygen atoms in total. The third-order valence-corrected chi connectivity index (χ3v) is 10.9. The number of aryl methyl sites for hydroxylation is 2. The fourth-order valence-electron chi connectivity index (χ4n) is 8.30. The maximum Gasteiger partial charge on any atom is -0.00235 e. The molecular weight excluding hydrogens is 625 g/mol. The highest BCUT2D eigenvalue weighted by Gasteiger charge is 2.21. The van der Waals surface area contributed by atoms with E-state index in [0.717, 1.165) is 12.8 Å². The van der Waals surface area contributed by atoms with Crippen LogP contribution in [0.4, 0.5) is 0 Å². The lowest BCUT2D eigenvalue weighted by atomic mass is 9.81. The molecule has 248 valence electrons. The van der Waals surface area contributed by atoms with Gasteiger partial charge in [-0.25, -0.2) is 0 Å². The summed E-state index contributed by atoms with van der Waals surface area (Å²) in [6, 6.07) is 60.6. The number of hydrogen-bond acceptors (Lipinski definition) is 0. The van der Waals surface area contributed by atoms with Crippen LogP contribution in [0.25, 0.3) is 82.8 Å². The summed E-state index contributed by atoms with van der Waals surface area (Å²) in [4.78, 5) is 0. The van der Waals surface area contributed by atoms with E-state index >= 15 is 0 Å². The molecule has 0 aromatic heterocycles. The Hall–Kier alpha value is -6.24. The summed E-state index contributed by atoms with van der Waals surface area (Å²) in [5.41, 5.74) is 17.9. The van der Waals surface area contributed by atoms with Crippen LogP contribution in [-0.4, -0.2) is 0 Å². The maximum absolute atomic E-state index is 2.47. The van der Waals surface area contributed by atoms with Crippen LogP contribution in [0.3, 0.4) is 0 Å². The van der Waals surface area contributed by atoms with E-state index in [1.54, 1.807) is 0 Å². The van der Waals surface area contributed by atoms with Crippen LogP contribution in [0.5, 0.6) is 0 Å². The van der Waals surface area contributed by atoms with Gasteiger partial charge in [0.1, 0.15) is 0 Å². The first kappa shape index (κ1) is 31.7. The van der Waals surface area contributed by atoms with Crippen molar-refractivity contribution >= 4 is 27.1 Å². The topological polar surface area (TPSA) is 0 Å². The molecule has 0 aliphatic heterocycles. The molecule has 9 rings (SSSR count). The predicted octanol–water partition coefficient (Wildman–Crippen LogP) is 14.7. The third kappa shape index (κ3) is 5.58. The van der Waals surface area contributed by atoms with Gasteiger partial charge in [0.05, 0.1) is 0 Å². The summed E-state index contributed by atoms with van der Waals surface area (Å²) in [7, 11) is 0. The molecule has 0 heteroatoms. The van der Waals surface area contributed by atoms with Crippen molar-refractivity contribution in [3.63, 3.8) is 0 Å². The van der Waals surface area contributed by atoms with Crippen molar-refractivity contribution in [2.75, 3.05) is 0 Å². The molecule has 1 aliphatic rings. The van der Waals surface area contributed by atoms with Gasteiger partial charge in [-0.1, -0.05) is 170 Å². The summed E-state index contributed by atoms with van der Waals surface area (Å²) < 4.78 is 0. The summed E-state index contributed by atoms with van der Waals surface area (Å²) >= 11 is 0. The number of fused-ring (bicyclic) bond motifs is 2. The molecule has 0 bridgehead atoms. The number of hydrogen-bond donors (Lipinski definition) is 0. The molecular formula is C52H40. The third-order valence-electron chi connectivity index (χ3n) is 10.9. The fourth-order valence-corrected chi connectivity index (χ4v) is 8.30. The minimum absolute atomic E-state index is 1.06. The maximum atomic E-state index is 2.47. The zero-order chi connectivity index (χ0) is 35.0. The number of allylic oxidation sites excluding steroid dienone is 4. The van der Waals surface area contributed by atoms with Crippen molar-refractivity contribution in [1.82, 2.24) is 0 Å². The molecule has 1 aliphatic carbocycles. The van der Waals surface area contributed by atoms with Gasteiger partial charge in [0.2, 0.25) is 0 Å². The zero-order valence-corrected chi connectivity index (χ0v) is 29.7. The highest BCUT2D eigenvalue weighted by molar-refractivity contribution is 6.23. The summed E-state index contributed by atoms with van der Waals surface area (Å²) in [5.74, 6) is 0. The van der Waals surface area contributed by atoms with E-state index in [9.17, 15) is 0 Å². The van der Waals surface area contributed by atoms with Gasteiger partial charge in [-0.15, -0.1) is 0 Å². The highest BCUT2D eigenvalue weighted by atomic mass is 14.2. The monoisotopic (exact) mass is 664 g/mol. The Kier molecular flexibility index (Phi) is 8.22. The van der Waals surface area contributed by atoms with Gasteiger partial charge in [0.25, 0.3) is 0 Å². The quantitative estimate of drug-likeness (QED) is 0.155. The van der Waals surface area contributed by atoms with E-state index in [0.29, 0.717) is 0 Å². The Balaban J connectivity index is 1.39. The minimum Gasteiger partial charge on any atom is -0.0842 e. The van der Waals surface area contributed by atoms with E-state index in [2.05, 4.69) is 196 Å². The van der Waals surface area contributed by atoms with Crippen LogP contribution in [-0.2, 0) is 0 Å². The van der Waals surface area contributed by atoms with Crippen LogP contribution in [0.15, 0.2) is 182 Å². The molecule has 0 heterocycles. The Morgan fingerprint density at radius 1 is 0.365 bits per heavy atom. The molecule has 0 unspecified atom stereocenters. The van der Waals surface area contributed by atoms with Gasteiger partial charge < -0.3 is 0 Å². The van der Waals surface area contributed by atoms with Crippen molar-refractivity contribution in [3.8, 4) is 55.6 Å². The lowest BCUT2D eigenvalue weighted by Gasteiger charge is -2.22. The van der Waals surface area contributed by atoms with Crippen LogP contribution >= 0.6 is 0 Å². The summed E-state index contributed by atoms with van der Waals surface area (Å²) in [5, 5.41) is 5.09. The number of rotatable bonds is 6. The molecule has 0 saturated carbocycles. The SMILES string of the molecule is Cc1ccccc1-c1c2ccc(-c3ccccc3-c3ccccc3)cc2c(-c2ccccc2C)c2ccc(-c3ccccc3C3=CC=CCC3)cc12. The van der Waals surface area contributed by atoms with Crippen molar-refractivity contribution in [2.45, 2.75) is 26.7 Å². The van der Waals surface area contributed by atoms with E-state index in [1.807, 2.05) is 0 Å². The molecule has 0 radical (unpaired) electrons. The molecule has 8 aromatic carbocycles.